The van der Waals surface area contributed by atoms with E-state index in [1.165, 1.54) is 5.56 Å². The highest BCUT2D eigenvalue weighted by atomic mass is 15.3. The summed E-state index contributed by atoms with van der Waals surface area (Å²) < 4.78 is 0. The first-order valence-electron chi connectivity index (χ1n) is 4.93. The largest absolute Gasteiger partial charge is 0.369 e. The van der Waals surface area contributed by atoms with Crippen molar-refractivity contribution in [2.24, 2.45) is 21.7 Å². The van der Waals surface area contributed by atoms with Crippen molar-refractivity contribution in [1.29, 1.82) is 0 Å². The van der Waals surface area contributed by atoms with E-state index in [0.717, 1.165) is 17.7 Å². The van der Waals surface area contributed by atoms with Crippen molar-refractivity contribution in [2.45, 2.75) is 19.3 Å². The summed E-state index contributed by atoms with van der Waals surface area (Å²) in [5.41, 5.74) is 13.9. The van der Waals surface area contributed by atoms with Gasteiger partial charge in [-0.2, -0.15) is 5.10 Å². The zero-order valence-corrected chi connectivity index (χ0v) is 8.64. The second kappa shape index (κ2) is 3.73. The van der Waals surface area contributed by atoms with Gasteiger partial charge in [0.25, 0.3) is 0 Å². The Hall–Kier alpha value is -1.84. The smallest absolute Gasteiger partial charge is 0.211 e. The molecule has 0 heterocycles. The van der Waals surface area contributed by atoms with Crippen LogP contribution in [-0.4, -0.2) is 11.7 Å². The second-order valence-electron chi connectivity index (χ2n) is 3.76. The Kier molecular flexibility index (Phi) is 2.41. The Morgan fingerprint density at radius 3 is 2.80 bits per heavy atom. The SMILES string of the molecule is C[C@@H]1CC(=NN=C(N)N)c2ccccc21. The zero-order valence-electron chi connectivity index (χ0n) is 8.64. The quantitative estimate of drug-likeness (QED) is 0.407. The van der Waals surface area contributed by atoms with Gasteiger partial charge >= 0.3 is 0 Å². The highest BCUT2D eigenvalue weighted by molar-refractivity contribution is 6.05. The van der Waals surface area contributed by atoms with E-state index in [0.29, 0.717) is 5.92 Å². The first kappa shape index (κ1) is 9.71. The van der Waals surface area contributed by atoms with E-state index >= 15 is 0 Å². The molecule has 15 heavy (non-hydrogen) atoms. The van der Waals surface area contributed by atoms with Crippen molar-refractivity contribution in [3.05, 3.63) is 35.4 Å². The number of rotatable bonds is 1. The number of hydrogen-bond donors (Lipinski definition) is 2. The molecule has 0 unspecified atom stereocenters. The molecule has 1 aliphatic carbocycles. The molecule has 2 rings (SSSR count). The van der Waals surface area contributed by atoms with Crippen molar-refractivity contribution in [1.82, 2.24) is 0 Å². The van der Waals surface area contributed by atoms with Gasteiger partial charge in [-0.25, -0.2) is 0 Å². The lowest BCUT2D eigenvalue weighted by molar-refractivity contribution is 0.833. The van der Waals surface area contributed by atoms with E-state index in [4.69, 9.17) is 11.5 Å². The van der Waals surface area contributed by atoms with Crippen LogP contribution in [-0.2, 0) is 0 Å². The molecule has 4 N–H and O–H groups in total. The predicted molar refractivity (Wildman–Crippen MR) is 61.8 cm³/mol. The van der Waals surface area contributed by atoms with Crippen LogP contribution in [0.2, 0.25) is 0 Å². The average molecular weight is 202 g/mol. The van der Waals surface area contributed by atoms with Gasteiger partial charge < -0.3 is 11.5 Å². The molecule has 4 heteroatoms. The molecular weight excluding hydrogens is 188 g/mol. The van der Waals surface area contributed by atoms with Gasteiger partial charge in [0, 0.05) is 5.56 Å². The molecule has 0 aliphatic heterocycles. The molecule has 1 atom stereocenters. The van der Waals surface area contributed by atoms with E-state index < -0.39 is 0 Å². The molecule has 0 radical (unpaired) electrons. The summed E-state index contributed by atoms with van der Waals surface area (Å²) in [6.45, 7) is 2.18. The van der Waals surface area contributed by atoms with Crippen molar-refractivity contribution in [3.8, 4) is 0 Å². The van der Waals surface area contributed by atoms with Gasteiger partial charge in [0.2, 0.25) is 5.96 Å². The Balaban J connectivity index is 2.41. The van der Waals surface area contributed by atoms with Crippen molar-refractivity contribution < 1.29 is 0 Å². The molecule has 78 valence electrons. The Morgan fingerprint density at radius 2 is 2.07 bits per heavy atom. The summed E-state index contributed by atoms with van der Waals surface area (Å²) in [7, 11) is 0. The molecule has 4 nitrogen and oxygen atoms in total. The van der Waals surface area contributed by atoms with Gasteiger partial charge in [-0.1, -0.05) is 31.2 Å². The molecule has 0 saturated carbocycles. The van der Waals surface area contributed by atoms with Gasteiger partial charge in [-0.3, -0.25) is 0 Å². The van der Waals surface area contributed by atoms with Gasteiger partial charge in [-0.15, -0.1) is 5.10 Å². The van der Waals surface area contributed by atoms with E-state index in [-0.39, 0.29) is 5.96 Å². The third-order valence-electron chi connectivity index (χ3n) is 2.59. The number of hydrogen-bond acceptors (Lipinski definition) is 2. The lowest BCUT2D eigenvalue weighted by Gasteiger charge is -2.00. The molecule has 1 aromatic carbocycles. The number of benzene rings is 1. The summed E-state index contributed by atoms with van der Waals surface area (Å²) in [6.07, 6.45) is 0.899. The lowest BCUT2D eigenvalue weighted by Crippen LogP contribution is -2.22. The maximum Gasteiger partial charge on any atom is 0.211 e. The molecule has 0 fully saturated rings. The number of nitrogens with two attached hydrogens (primary N) is 2. The van der Waals surface area contributed by atoms with E-state index in [1.54, 1.807) is 0 Å². The van der Waals surface area contributed by atoms with Gasteiger partial charge in [0.15, 0.2) is 0 Å². The lowest BCUT2D eigenvalue weighted by atomic mass is 10.0. The summed E-state index contributed by atoms with van der Waals surface area (Å²) in [5, 5.41) is 7.77. The highest BCUT2D eigenvalue weighted by Gasteiger charge is 2.23. The second-order valence-corrected chi connectivity index (χ2v) is 3.76. The van der Waals surface area contributed by atoms with Gasteiger partial charge in [0.1, 0.15) is 0 Å². The molecule has 0 aromatic heterocycles. The van der Waals surface area contributed by atoms with Crippen molar-refractivity contribution in [3.63, 3.8) is 0 Å². The minimum Gasteiger partial charge on any atom is -0.369 e. The van der Waals surface area contributed by atoms with Gasteiger partial charge in [0.05, 0.1) is 5.71 Å². The van der Waals surface area contributed by atoms with Crippen LogP contribution in [0.4, 0.5) is 0 Å². The first-order valence-corrected chi connectivity index (χ1v) is 4.93. The minimum atomic E-state index is -0.000431. The van der Waals surface area contributed by atoms with Crippen LogP contribution in [0.15, 0.2) is 34.5 Å². The van der Waals surface area contributed by atoms with Crippen LogP contribution in [0.25, 0.3) is 0 Å². The van der Waals surface area contributed by atoms with Crippen LogP contribution >= 0.6 is 0 Å². The molecular formula is C11H14N4. The van der Waals surface area contributed by atoms with Crippen LogP contribution < -0.4 is 11.5 Å². The summed E-state index contributed by atoms with van der Waals surface area (Å²) in [6, 6.07) is 8.22. The summed E-state index contributed by atoms with van der Waals surface area (Å²) in [5.74, 6) is 0.494. The van der Waals surface area contributed by atoms with Crippen molar-refractivity contribution in [2.75, 3.05) is 0 Å². The zero-order chi connectivity index (χ0) is 10.8. The van der Waals surface area contributed by atoms with Crippen molar-refractivity contribution >= 4 is 11.7 Å². The monoisotopic (exact) mass is 202 g/mol. The fraction of sp³-hybridized carbons (Fsp3) is 0.273. The number of guanidine groups is 1. The maximum absolute atomic E-state index is 5.25. The Bertz CT molecular complexity index is 430. The normalized spacial score (nSPS) is 21.4. The van der Waals surface area contributed by atoms with Crippen LogP contribution in [0.5, 0.6) is 0 Å². The number of fused-ring (bicyclic) bond motifs is 1. The fourth-order valence-electron chi connectivity index (χ4n) is 1.91. The third kappa shape index (κ3) is 1.83. The van der Waals surface area contributed by atoms with Crippen LogP contribution in [0, 0.1) is 0 Å². The summed E-state index contributed by atoms with van der Waals surface area (Å²) in [4.78, 5) is 0. The van der Waals surface area contributed by atoms with E-state index in [1.807, 2.05) is 12.1 Å². The topological polar surface area (TPSA) is 76.8 Å². The molecule has 0 amide bonds. The summed E-state index contributed by atoms with van der Waals surface area (Å²) >= 11 is 0. The fourth-order valence-corrected chi connectivity index (χ4v) is 1.91. The standard InChI is InChI=1S/C11H14N4/c1-7-6-10(14-15-11(12)13)9-5-3-2-4-8(7)9/h2-5,7H,6H2,1H3,(H4,12,13,15)/t7-/m1/s1. The van der Waals surface area contributed by atoms with E-state index in [9.17, 15) is 0 Å². The van der Waals surface area contributed by atoms with Crippen LogP contribution in [0.3, 0.4) is 0 Å². The van der Waals surface area contributed by atoms with Crippen LogP contribution in [0.1, 0.15) is 30.4 Å². The molecule has 0 bridgehead atoms. The highest BCUT2D eigenvalue weighted by Crippen LogP contribution is 2.32. The number of nitrogens with zero attached hydrogens (tertiary/aromatic N) is 2. The predicted octanol–water partition coefficient (Wildman–Crippen LogP) is 1.17. The Labute approximate surface area is 88.7 Å². The molecule has 1 aromatic rings. The van der Waals surface area contributed by atoms with Gasteiger partial charge in [-0.05, 0) is 17.9 Å². The average Bonchev–Trinajstić information content (AvgIpc) is 2.54. The molecule has 1 aliphatic rings. The molecule has 0 spiro atoms. The van der Waals surface area contributed by atoms with E-state index in [2.05, 4.69) is 29.3 Å². The first-order chi connectivity index (χ1) is 7.18. The minimum absolute atomic E-state index is 0.000431. The molecule has 0 saturated heterocycles. The Morgan fingerprint density at radius 1 is 1.33 bits per heavy atom. The third-order valence-corrected chi connectivity index (χ3v) is 2.59. The maximum atomic E-state index is 5.25.